The summed E-state index contributed by atoms with van der Waals surface area (Å²) >= 11 is 0.768. The fourth-order valence-corrected chi connectivity index (χ4v) is 3.69. The van der Waals surface area contributed by atoms with Crippen LogP contribution in [0.15, 0.2) is 36.4 Å². The number of carbonyl (C=O) groups excluding carboxylic acids is 1. The quantitative estimate of drug-likeness (QED) is 0.385. The average Bonchev–Trinajstić information content (AvgIpc) is 3.05. The highest BCUT2D eigenvalue weighted by Crippen LogP contribution is 2.39. The van der Waals surface area contributed by atoms with E-state index in [4.69, 9.17) is 5.73 Å². The van der Waals surface area contributed by atoms with Gasteiger partial charge in [-0.25, -0.2) is 4.39 Å². The molecular formula is C20H13F4N3O3S. The van der Waals surface area contributed by atoms with Crippen LogP contribution in [0.5, 0.6) is 11.5 Å². The molecule has 3 rings (SSSR count). The first kappa shape index (κ1) is 21.9. The Balaban J connectivity index is 1.94. The maximum absolute atomic E-state index is 14.3. The van der Waals surface area contributed by atoms with Crippen LogP contribution in [0.3, 0.4) is 0 Å². The van der Waals surface area contributed by atoms with E-state index in [9.17, 15) is 27.6 Å². The van der Waals surface area contributed by atoms with E-state index in [1.165, 1.54) is 24.3 Å². The van der Waals surface area contributed by atoms with Crippen molar-refractivity contribution < 1.29 is 31.8 Å². The van der Waals surface area contributed by atoms with Crippen LogP contribution in [-0.2, 0) is 0 Å². The van der Waals surface area contributed by atoms with Gasteiger partial charge in [0.15, 0.2) is 11.6 Å². The van der Waals surface area contributed by atoms with Crippen LogP contribution >= 0.6 is 11.3 Å². The zero-order valence-electron chi connectivity index (χ0n) is 15.7. The van der Waals surface area contributed by atoms with Gasteiger partial charge in [-0.1, -0.05) is 0 Å². The highest BCUT2D eigenvalue weighted by atomic mass is 32.1. The summed E-state index contributed by atoms with van der Waals surface area (Å²) in [6, 6.07) is 9.38. The molecule has 0 amide bonds. The minimum atomic E-state index is -2.97. The Kier molecular flexibility index (Phi) is 6.31. The Morgan fingerprint density at radius 1 is 1.16 bits per heavy atom. The molecule has 0 aliphatic rings. The molecule has 0 saturated carbocycles. The maximum Gasteiger partial charge on any atom is 0.387 e. The monoisotopic (exact) mass is 451 g/mol. The van der Waals surface area contributed by atoms with E-state index in [0.29, 0.717) is 5.69 Å². The van der Waals surface area contributed by atoms with E-state index in [0.717, 1.165) is 30.6 Å². The Bertz CT molecular complexity index is 1170. The van der Waals surface area contributed by atoms with Gasteiger partial charge in [0.1, 0.15) is 27.3 Å². The van der Waals surface area contributed by atoms with Gasteiger partial charge in [-0.3, -0.25) is 4.79 Å². The molecule has 0 unspecified atom stereocenters. The largest absolute Gasteiger partial charge is 0.494 e. The lowest BCUT2D eigenvalue weighted by molar-refractivity contribution is -0.0498. The smallest absolute Gasteiger partial charge is 0.387 e. The summed E-state index contributed by atoms with van der Waals surface area (Å²) < 4.78 is 61.7. The van der Waals surface area contributed by atoms with Gasteiger partial charge >= 0.3 is 6.61 Å². The van der Waals surface area contributed by atoms with Crippen molar-refractivity contribution in [1.29, 1.82) is 5.26 Å². The highest BCUT2D eigenvalue weighted by molar-refractivity contribution is 7.19. The number of alkyl halides is 2. The number of nitrogen functional groups attached to an aromatic ring is 1. The van der Waals surface area contributed by atoms with Gasteiger partial charge in [0, 0.05) is 5.69 Å². The number of halogens is 4. The predicted octanol–water partition coefficient (Wildman–Crippen LogP) is 5.06. The Labute approximate surface area is 177 Å². The van der Waals surface area contributed by atoms with E-state index >= 15 is 0 Å². The van der Waals surface area contributed by atoms with Crippen molar-refractivity contribution in [3.63, 3.8) is 0 Å². The topological polar surface area (TPSA) is 97.4 Å². The summed E-state index contributed by atoms with van der Waals surface area (Å²) in [7, 11) is 1.15. The summed E-state index contributed by atoms with van der Waals surface area (Å²) in [6.45, 7) is -2.97. The zero-order valence-corrected chi connectivity index (χ0v) is 16.5. The van der Waals surface area contributed by atoms with Crippen molar-refractivity contribution in [2.45, 2.75) is 6.61 Å². The number of methoxy groups -OCH3 is 1. The van der Waals surface area contributed by atoms with E-state index in [-0.39, 0.29) is 32.6 Å². The standard InChI is InChI=1S/C20H13F4N3O3S/c1-29-13-7-6-11(14(21)15(13)22)17(28)18-16(26)12(8-25)19(31-18)27-9-2-4-10(5-3-9)30-20(23)24/h2-7,20,27H,26H2,1H3. The van der Waals surface area contributed by atoms with Gasteiger partial charge < -0.3 is 20.5 Å². The SMILES string of the molecule is COc1ccc(C(=O)c2sc(Nc3ccc(OC(F)F)cc3)c(C#N)c2N)c(F)c1F. The molecule has 0 aliphatic heterocycles. The maximum atomic E-state index is 14.3. The van der Waals surface area contributed by atoms with Crippen molar-refractivity contribution in [2.75, 3.05) is 18.2 Å². The second-order valence-electron chi connectivity index (χ2n) is 5.96. The minimum absolute atomic E-state index is 0.0698. The fraction of sp³-hybridized carbons (Fsp3) is 0.100. The molecular weight excluding hydrogens is 438 g/mol. The normalized spacial score (nSPS) is 10.6. The van der Waals surface area contributed by atoms with Crippen molar-refractivity contribution in [3.8, 4) is 17.6 Å². The molecule has 0 atom stereocenters. The second kappa shape index (κ2) is 8.93. The number of benzene rings is 2. The summed E-state index contributed by atoms with van der Waals surface area (Å²) in [6.07, 6.45) is 0. The number of hydrogen-bond acceptors (Lipinski definition) is 7. The van der Waals surface area contributed by atoms with Gasteiger partial charge in [0.05, 0.1) is 18.4 Å². The number of rotatable bonds is 7. The molecule has 0 bridgehead atoms. The molecule has 3 aromatic rings. The van der Waals surface area contributed by atoms with Crippen molar-refractivity contribution >= 4 is 33.5 Å². The van der Waals surface area contributed by atoms with Gasteiger partial charge in [0.2, 0.25) is 11.6 Å². The van der Waals surface area contributed by atoms with Gasteiger partial charge in [0.25, 0.3) is 0 Å². The number of nitrogens with one attached hydrogen (secondary N) is 1. The molecule has 6 nitrogen and oxygen atoms in total. The van der Waals surface area contributed by atoms with Crippen LogP contribution in [0.2, 0.25) is 0 Å². The summed E-state index contributed by atoms with van der Waals surface area (Å²) in [4.78, 5) is 12.6. The van der Waals surface area contributed by atoms with Crippen molar-refractivity contribution in [1.82, 2.24) is 0 Å². The molecule has 0 radical (unpaired) electrons. The van der Waals surface area contributed by atoms with E-state index in [2.05, 4.69) is 14.8 Å². The Morgan fingerprint density at radius 2 is 1.84 bits per heavy atom. The third-order valence-electron chi connectivity index (χ3n) is 4.11. The predicted molar refractivity (Wildman–Crippen MR) is 106 cm³/mol. The molecule has 1 heterocycles. The highest BCUT2D eigenvalue weighted by Gasteiger charge is 2.26. The molecule has 0 aliphatic carbocycles. The molecule has 0 spiro atoms. The number of anilines is 3. The second-order valence-corrected chi connectivity index (χ2v) is 6.98. The van der Waals surface area contributed by atoms with Crippen LogP contribution < -0.4 is 20.5 Å². The van der Waals surface area contributed by atoms with Gasteiger partial charge in [-0.15, -0.1) is 11.3 Å². The average molecular weight is 451 g/mol. The number of ketones is 1. The molecule has 11 heteroatoms. The van der Waals surface area contributed by atoms with Crippen LogP contribution in [0, 0.1) is 23.0 Å². The lowest BCUT2D eigenvalue weighted by Gasteiger charge is -2.07. The van der Waals surface area contributed by atoms with Gasteiger partial charge in [-0.05, 0) is 36.4 Å². The first-order valence-electron chi connectivity index (χ1n) is 8.47. The first-order chi connectivity index (χ1) is 14.8. The van der Waals surface area contributed by atoms with Crippen LogP contribution in [-0.4, -0.2) is 19.5 Å². The molecule has 0 saturated heterocycles. The summed E-state index contributed by atoms with van der Waals surface area (Å²) in [5.41, 5.74) is 5.45. The van der Waals surface area contributed by atoms with Gasteiger partial charge in [-0.2, -0.15) is 18.4 Å². The fourth-order valence-electron chi connectivity index (χ4n) is 2.65. The third-order valence-corrected chi connectivity index (χ3v) is 5.23. The van der Waals surface area contributed by atoms with Crippen LogP contribution in [0.25, 0.3) is 0 Å². The summed E-state index contributed by atoms with van der Waals surface area (Å²) in [5.74, 6) is -4.08. The van der Waals surface area contributed by atoms with Crippen LogP contribution in [0.4, 0.5) is 33.9 Å². The third kappa shape index (κ3) is 4.39. The Hall–Kier alpha value is -3.78. The summed E-state index contributed by atoms with van der Waals surface area (Å²) in [5, 5.41) is 12.4. The lowest BCUT2D eigenvalue weighted by atomic mass is 10.1. The molecule has 160 valence electrons. The van der Waals surface area contributed by atoms with Crippen molar-refractivity contribution in [2.24, 2.45) is 0 Å². The number of carbonyl (C=O) groups is 1. The molecule has 0 fully saturated rings. The number of ether oxygens (including phenoxy) is 2. The van der Waals surface area contributed by atoms with E-state index in [1.54, 1.807) is 0 Å². The van der Waals surface area contributed by atoms with E-state index in [1.807, 2.05) is 6.07 Å². The number of nitriles is 1. The number of nitrogens with two attached hydrogens (primary N) is 1. The molecule has 3 N–H and O–H groups in total. The van der Waals surface area contributed by atoms with Crippen molar-refractivity contribution in [3.05, 3.63) is 64.0 Å². The van der Waals surface area contributed by atoms with Crippen LogP contribution in [0.1, 0.15) is 20.8 Å². The first-order valence-corrected chi connectivity index (χ1v) is 9.29. The molecule has 31 heavy (non-hydrogen) atoms. The number of thiophene rings is 1. The minimum Gasteiger partial charge on any atom is -0.494 e. The lowest BCUT2D eigenvalue weighted by Crippen LogP contribution is -2.07. The van der Waals surface area contributed by atoms with E-state index < -0.39 is 29.6 Å². The molecule has 2 aromatic carbocycles. The number of nitrogens with zero attached hydrogens (tertiary/aromatic N) is 1. The Morgan fingerprint density at radius 3 is 2.42 bits per heavy atom. The molecule has 1 aromatic heterocycles. The zero-order chi connectivity index (χ0) is 22.7. The number of hydrogen-bond donors (Lipinski definition) is 2.